The van der Waals surface area contributed by atoms with Crippen LogP contribution in [-0.2, 0) is 0 Å². The van der Waals surface area contributed by atoms with Crippen molar-refractivity contribution in [2.45, 2.75) is 24.1 Å². The quantitative estimate of drug-likeness (QED) is 0.544. The number of pyridine rings is 1. The van der Waals surface area contributed by atoms with Gasteiger partial charge in [-0.2, -0.15) is 9.38 Å². The number of nitrogens with zero attached hydrogens (tertiary/aromatic N) is 4. The fourth-order valence-corrected chi connectivity index (χ4v) is 2.68. The smallest absolute Gasteiger partial charge is 0.362 e. The van der Waals surface area contributed by atoms with Gasteiger partial charge in [-0.3, -0.25) is 0 Å². The van der Waals surface area contributed by atoms with Gasteiger partial charge in [0.15, 0.2) is 0 Å². The maximum atomic E-state index is 11.2. The Bertz CT molecular complexity index is 789. The molecule has 3 aromatic rings. The molecule has 3 aromatic heterocycles. The summed E-state index contributed by atoms with van der Waals surface area (Å²) < 4.78 is 6.86. The number of fused-ring (bicyclic) bond motifs is 1. The minimum absolute atomic E-state index is 0.0842. The van der Waals surface area contributed by atoms with Crippen LogP contribution in [0.1, 0.15) is 11.5 Å². The Balaban J connectivity index is 2.10. The van der Waals surface area contributed by atoms with Crippen LogP contribution >= 0.6 is 11.8 Å². The first kappa shape index (κ1) is 12.7. The Kier molecular flexibility index (Phi) is 2.94. The monoisotopic (exact) mass is 290 g/mol. The molecule has 0 aliphatic carbocycles. The van der Waals surface area contributed by atoms with Crippen LogP contribution in [0.2, 0.25) is 0 Å². The van der Waals surface area contributed by atoms with E-state index in [1.54, 1.807) is 31.3 Å². The predicted octanol–water partition coefficient (Wildman–Crippen LogP) is 3.00. The summed E-state index contributed by atoms with van der Waals surface area (Å²) in [7, 11) is 0. The molecular weight excluding hydrogens is 280 g/mol. The molecule has 0 N–H and O–H groups in total. The van der Waals surface area contributed by atoms with Crippen LogP contribution in [0.3, 0.4) is 0 Å². The van der Waals surface area contributed by atoms with Crippen LogP contribution in [0.5, 0.6) is 0 Å². The highest BCUT2D eigenvalue weighted by molar-refractivity contribution is 7.99. The molecule has 0 bridgehead atoms. The summed E-state index contributed by atoms with van der Waals surface area (Å²) >= 11 is 1.05. The number of imidazole rings is 1. The Morgan fingerprint density at radius 2 is 2.15 bits per heavy atom. The molecule has 0 saturated heterocycles. The van der Waals surface area contributed by atoms with Gasteiger partial charge in [-0.05, 0) is 36.6 Å². The van der Waals surface area contributed by atoms with Crippen LogP contribution < -0.4 is 0 Å². The van der Waals surface area contributed by atoms with Crippen LogP contribution in [0.4, 0.5) is 5.82 Å². The fourth-order valence-electron chi connectivity index (χ4n) is 1.77. The van der Waals surface area contributed by atoms with Gasteiger partial charge in [-0.1, -0.05) is 6.07 Å². The summed E-state index contributed by atoms with van der Waals surface area (Å²) in [6.45, 7) is 3.62. The number of hydrogen-bond donors (Lipinski definition) is 0. The molecule has 0 unspecified atom stereocenters. The molecule has 0 aromatic carbocycles. The lowest BCUT2D eigenvalue weighted by atomic mass is 10.4. The van der Waals surface area contributed by atoms with Gasteiger partial charge in [-0.15, -0.1) is 0 Å². The zero-order chi connectivity index (χ0) is 14.3. The van der Waals surface area contributed by atoms with Crippen molar-refractivity contribution in [2.75, 3.05) is 0 Å². The zero-order valence-corrected chi connectivity index (χ0v) is 11.5. The molecule has 7 nitrogen and oxygen atoms in total. The molecule has 3 heterocycles. The lowest BCUT2D eigenvalue weighted by molar-refractivity contribution is -0.393. The first-order valence-corrected chi connectivity index (χ1v) is 6.61. The van der Waals surface area contributed by atoms with Crippen LogP contribution in [0.15, 0.2) is 39.1 Å². The van der Waals surface area contributed by atoms with Gasteiger partial charge in [0.2, 0.25) is 10.7 Å². The first-order valence-electron chi connectivity index (χ1n) is 5.79. The highest BCUT2D eigenvalue weighted by Gasteiger charge is 2.24. The molecule has 8 heteroatoms. The fraction of sp³-hybridized carbons (Fsp3) is 0.167. The normalized spacial score (nSPS) is 11.1. The largest absolute Gasteiger partial charge is 0.436 e. The third kappa shape index (κ3) is 2.03. The van der Waals surface area contributed by atoms with E-state index in [0.717, 1.165) is 17.5 Å². The van der Waals surface area contributed by atoms with E-state index in [4.69, 9.17) is 4.42 Å². The lowest BCUT2D eigenvalue weighted by Crippen LogP contribution is -1.94. The van der Waals surface area contributed by atoms with Crippen LogP contribution in [0, 0.1) is 24.0 Å². The maximum absolute atomic E-state index is 11.2. The van der Waals surface area contributed by atoms with Crippen molar-refractivity contribution in [3.8, 4) is 0 Å². The van der Waals surface area contributed by atoms with Gasteiger partial charge in [0, 0.05) is 6.07 Å². The van der Waals surface area contributed by atoms with E-state index < -0.39 is 4.92 Å². The summed E-state index contributed by atoms with van der Waals surface area (Å²) in [5, 5.41) is 11.9. The molecule has 20 heavy (non-hydrogen) atoms. The van der Waals surface area contributed by atoms with Crippen molar-refractivity contribution >= 4 is 23.2 Å². The van der Waals surface area contributed by atoms with Crippen molar-refractivity contribution in [1.82, 2.24) is 14.4 Å². The van der Waals surface area contributed by atoms with Gasteiger partial charge in [0.25, 0.3) is 5.22 Å². The minimum atomic E-state index is -0.453. The number of oxazole rings is 1. The summed E-state index contributed by atoms with van der Waals surface area (Å²) in [5.74, 6) is 0.609. The first-order chi connectivity index (χ1) is 9.56. The standard InChI is InChI=1S/C12H10N4O3S/c1-7-8(2)19-12(13-7)20-10-11(16(17)18)15-6-4-3-5-9(15)14-10/h3-6H,1-2H3. The summed E-state index contributed by atoms with van der Waals surface area (Å²) in [6, 6.07) is 5.21. The average molecular weight is 290 g/mol. The molecule has 0 aliphatic heterocycles. The highest BCUT2D eigenvalue weighted by atomic mass is 32.2. The van der Waals surface area contributed by atoms with Gasteiger partial charge >= 0.3 is 5.82 Å². The predicted molar refractivity (Wildman–Crippen MR) is 71.9 cm³/mol. The topological polar surface area (TPSA) is 86.5 Å². The number of aryl methyl sites for hydroxylation is 2. The van der Waals surface area contributed by atoms with Crippen LogP contribution in [-0.4, -0.2) is 19.3 Å². The van der Waals surface area contributed by atoms with Gasteiger partial charge in [-0.25, -0.2) is 4.98 Å². The van der Waals surface area contributed by atoms with Gasteiger partial charge in [0.05, 0.1) is 11.9 Å². The van der Waals surface area contributed by atoms with E-state index in [2.05, 4.69) is 9.97 Å². The average Bonchev–Trinajstić information content (AvgIpc) is 2.90. The molecule has 0 saturated carbocycles. The second kappa shape index (κ2) is 4.64. The number of hydrogen-bond acceptors (Lipinski definition) is 6. The van der Waals surface area contributed by atoms with Crippen molar-refractivity contribution in [2.24, 2.45) is 0 Å². The molecule has 0 atom stereocenters. The van der Waals surface area contributed by atoms with Gasteiger partial charge < -0.3 is 14.5 Å². The van der Waals surface area contributed by atoms with E-state index in [-0.39, 0.29) is 10.8 Å². The molecule has 3 rings (SSSR count). The molecule has 102 valence electrons. The van der Waals surface area contributed by atoms with Crippen molar-refractivity contribution < 1.29 is 9.34 Å². The highest BCUT2D eigenvalue weighted by Crippen LogP contribution is 2.34. The molecule has 0 radical (unpaired) electrons. The Hall–Kier alpha value is -2.35. The maximum Gasteiger partial charge on any atom is 0.362 e. The zero-order valence-electron chi connectivity index (χ0n) is 10.7. The third-order valence-electron chi connectivity index (χ3n) is 2.84. The van der Waals surface area contributed by atoms with E-state index in [1.165, 1.54) is 4.40 Å². The summed E-state index contributed by atoms with van der Waals surface area (Å²) in [5.41, 5.74) is 1.28. The van der Waals surface area contributed by atoms with E-state index in [9.17, 15) is 10.1 Å². The second-order valence-electron chi connectivity index (χ2n) is 4.15. The summed E-state index contributed by atoms with van der Waals surface area (Å²) in [6.07, 6.45) is 1.61. The molecule has 0 aliphatic rings. The van der Waals surface area contributed by atoms with E-state index in [1.807, 2.05) is 6.92 Å². The van der Waals surface area contributed by atoms with Crippen molar-refractivity contribution in [3.05, 3.63) is 46.0 Å². The van der Waals surface area contributed by atoms with Crippen molar-refractivity contribution in [3.63, 3.8) is 0 Å². The minimum Gasteiger partial charge on any atom is -0.436 e. The Labute approximate surface area is 117 Å². The number of rotatable bonds is 3. The SMILES string of the molecule is Cc1nc(Sc2nc3ccccn3c2[N+](=O)[O-])oc1C. The lowest BCUT2D eigenvalue weighted by Gasteiger charge is -1.95. The number of aromatic nitrogens is 3. The van der Waals surface area contributed by atoms with E-state index in [0.29, 0.717) is 16.6 Å². The Morgan fingerprint density at radius 3 is 2.80 bits per heavy atom. The van der Waals surface area contributed by atoms with Gasteiger partial charge in [0.1, 0.15) is 5.76 Å². The summed E-state index contributed by atoms with van der Waals surface area (Å²) in [4.78, 5) is 19.2. The third-order valence-corrected chi connectivity index (χ3v) is 3.66. The van der Waals surface area contributed by atoms with E-state index >= 15 is 0 Å². The number of nitro groups is 1. The molecule has 0 fully saturated rings. The van der Waals surface area contributed by atoms with Crippen LogP contribution in [0.25, 0.3) is 5.65 Å². The molecular formula is C12H10N4O3S. The van der Waals surface area contributed by atoms with Crippen molar-refractivity contribution in [1.29, 1.82) is 0 Å². The second-order valence-corrected chi connectivity index (χ2v) is 5.09. The molecule has 0 amide bonds. The Morgan fingerprint density at radius 1 is 1.35 bits per heavy atom. The molecule has 0 spiro atoms.